The standard InChI is InChI=1S/C15H12N4O3S/c20-15-10-14(16-18(15)11-6-2-1-3-7-11)17-23-13-9-5-4-8-12(13)19(21)22/h1-9H,10H2,(H,16,17). The van der Waals surface area contributed by atoms with E-state index in [0.29, 0.717) is 16.4 Å². The van der Waals surface area contributed by atoms with Gasteiger partial charge in [-0.1, -0.05) is 30.3 Å². The van der Waals surface area contributed by atoms with E-state index >= 15 is 0 Å². The number of nitro benzene ring substituents is 1. The fraction of sp³-hybridized carbons (Fsp3) is 0.0667. The molecule has 1 heterocycles. The molecular formula is C15H12N4O3S. The first-order chi connectivity index (χ1) is 11.1. The molecule has 1 aliphatic heterocycles. The normalized spacial score (nSPS) is 13.8. The van der Waals surface area contributed by atoms with Gasteiger partial charge in [0, 0.05) is 6.07 Å². The second-order valence-electron chi connectivity index (χ2n) is 4.69. The lowest BCUT2D eigenvalue weighted by Crippen LogP contribution is -2.19. The van der Waals surface area contributed by atoms with Crippen molar-refractivity contribution in [1.82, 2.24) is 4.72 Å². The average Bonchev–Trinajstić information content (AvgIpc) is 2.95. The van der Waals surface area contributed by atoms with Crippen LogP contribution in [0.4, 0.5) is 11.4 Å². The van der Waals surface area contributed by atoms with E-state index in [-0.39, 0.29) is 18.0 Å². The number of nitrogens with one attached hydrogen (secondary N) is 1. The maximum atomic E-state index is 12.0. The summed E-state index contributed by atoms with van der Waals surface area (Å²) in [6.45, 7) is 0. The summed E-state index contributed by atoms with van der Waals surface area (Å²) in [6, 6.07) is 15.5. The molecule has 0 saturated heterocycles. The number of nitrogens with zero attached hydrogens (tertiary/aromatic N) is 3. The molecule has 0 radical (unpaired) electrons. The Labute approximate surface area is 136 Å². The topological polar surface area (TPSA) is 87.8 Å². The van der Waals surface area contributed by atoms with Crippen LogP contribution in [0.15, 0.2) is 64.6 Å². The van der Waals surface area contributed by atoms with Gasteiger partial charge in [-0.15, -0.1) is 0 Å². The highest BCUT2D eigenvalue weighted by molar-refractivity contribution is 7.98. The maximum absolute atomic E-state index is 12.0. The van der Waals surface area contributed by atoms with Gasteiger partial charge >= 0.3 is 0 Å². The largest absolute Gasteiger partial charge is 0.312 e. The van der Waals surface area contributed by atoms with Crippen molar-refractivity contribution in [3.8, 4) is 0 Å². The van der Waals surface area contributed by atoms with Gasteiger partial charge in [0.1, 0.15) is 10.7 Å². The minimum Gasteiger partial charge on any atom is -0.312 e. The predicted octanol–water partition coefficient (Wildman–Crippen LogP) is 2.94. The zero-order chi connectivity index (χ0) is 16.2. The van der Waals surface area contributed by atoms with E-state index in [1.807, 2.05) is 18.2 Å². The van der Waals surface area contributed by atoms with Crippen LogP contribution in [0.25, 0.3) is 0 Å². The van der Waals surface area contributed by atoms with E-state index in [1.165, 1.54) is 11.1 Å². The number of para-hydroxylation sites is 2. The third kappa shape index (κ3) is 3.32. The summed E-state index contributed by atoms with van der Waals surface area (Å²) in [7, 11) is 0. The molecule has 2 aromatic carbocycles. The molecule has 0 aliphatic carbocycles. The highest BCUT2D eigenvalue weighted by atomic mass is 32.2. The summed E-state index contributed by atoms with van der Waals surface area (Å²) in [6.07, 6.45) is 0.128. The smallest absolute Gasteiger partial charge is 0.284 e. The Hall–Kier alpha value is -2.87. The van der Waals surface area contributed by atoms with Gasteiger partial charge in [-0.25, -0.2) is 0 Å². The number of hydrogen-bond acceptors (Lipinski definition) is 6. The molecule has 2 aromatic rings. The van der Waals surface area contributed by atoms with Gasteiger partial charge in [-0.3, -0.25) is 14.9 Å². The molecule has 1 aliphatic rings. The van der Waals surface area contributed by atoms with Crippen LogP contribution in [0.1, 0.15) is 6.42 Å². The molecule has 0 spiro atoms. The zero-order valence-electron chi connectivity index (χ0n) is 11.9. The molecule has 0 atom stereocenters. The van der Waals surface area contributed by atoms with E-state index < -0.39 is 4.92 Å². The third-order valence-electron chi connectivity index (χ3n) is 3.12. The van der Waals surface area contributed by atoms with E-state index in [0.717, 1.165) is 11.9 Å². The van der Waals surface area contributed by atoms with Crippen molar-refractivity contribution < 1.29 is 9.72 Å². The van der Waals surface area contributed by atoms with Crippen LogP contribution in [-0.4, -0.2) is 16.7 Å². The molecule has 0 bridgehead atoms. The number of rotatable bonds is 4. The number of amidine groups is 1. The number of hydrazone groups is 1. The maximum Gasteiger partial charge on any atom is 0.284 e. The number of nitro groups is 1. The number of anilines is 1. The van der Waals surface area contributed by atoms with Crippen LogP contribution in [0.3, 0.4) is 0 Å². The van der Waals surface area contributed by atoms with Crippen LogP contribution in [0, 0.1) is 10.1 Å². The lowest BCUT2D eigenvalue weighted by Gasteiger charge is -2.10. The Morgan fingerprint density at radius 3 is 2.57 bits per heavy atom. The number of hydrogen-bond donors (Lipinski definition) is 1. The van der Waals surface area contributed by atoms with E-state index in [1.54, 1.807) is 30.3 Å². The van der Waals surface area contributed by atoms with E-state index in [9.17, 15) is 14.9 Å². The highest BCUT2D eigenvalue weighted by Gasteiger charge is 2.25. The lowest BCUT2D eigenvalue weighted by atomic mass is 10.3. The molecule has 0 unspecified atom stereocenters. The molecular weight excluding hydrogens is 316 g/mol. The van der Waals surface area contributed by atoms with Crippen LogP contribution < -0.4 is 9.73 Å². The summed E-state index contributed by atoms with van der Waals surface area (Å²) in [4.78, 5) is 23.0. The fourth-order valence-electron chi connectivity index (χ4n) is 2.07. The van der Waals surface area contributed by atoms with Gasteiger partial charge in [0.2, 0.25) is 0 Å². The average molecular weight is 328 g/mol. The predicted molar refractivity (Wildman–Crippen MR) is 88.1 cm³/mol. The second-order valence-corrected chi connectivity index (χ2v) is 5.54. The highest BCUT2D eigenvalue weighted by Crippen LogP contribution is 2.27. The van der Waals surface area contributed by atoms with Crippen molar-refractivity contribution in [3.63, 3.8) is 0 Å². The quantitative estimate of drug-likeness (QED) is 0.529. The summed E-state index contributed by atoms with van der Waals surface area (Å²) in [5.41, 5.74) is 0.694. The molecule has 116 valence electrons. The minimum absolute atomic E-state index is 0.00911. The summed E-state index contributed by atoms with van der Waals surface area (Å²) >= 11 is 1.07. The number of carbonyl (C=O) groups excluding carboxylic acids is 1. The van der Waals surface area contributed by atoms with Gasteiger partial charge in [0.15, 0.2) is 0 Å². The Morgan fingerprint density at radius 1 is 1.13 bits per heavy atom. The number of amides is 1. The first-order valence-electron chi connectivity index (χ1n) is 6.77. The number of benzene rings is 2. The monoisotopic (exact) mass is 328 g/mol. The Bertz CT molecular complexity index is 779. The van der Waals surface area contributed by atoms with Crippen LogP contribution in [0.5, 0.6) is 0 Å². The van der Waals surface area contributed by atoms with Crippen molar-refractivity contribution in [3.05, 3.63) is 64.7 Å². The second kappa shape index (κ2) is 6.49. The van der Waals surface area contributed by atoms with Crippen LogP contribution in [-0.2, 0) is 4.79 Å². The number of carbonyl (C=O) groups is 1. The van der Waals surface area contributed by atoms with Gasteiger partial charge in [-0.2, -0.15) is 10.1 Å². The summed E-state index contributed by atoms with van der Waals surface area (Å²) in [5.74, 6) is 0.309. The molecule has 0 saturated carbocycles. The molecule has 1 N–H and O–H groups in total. The van der Waals surface area contributed by atoms with Crippen molar-refractivity contribution in [1.29, 1.82) is 0 Å². The Kier molecular flexibility index (Phi) is 4.24. The van der Waals surface area contributed by atoms with Crippen molar-refractivity contribution >= 4 is 35.1 Å². The molecule has 8 heteroatoms. The molecule has 1 amide bonds. The van der Waals surface area contributed by atoms with Crippen LogP contribution in [0.2, 0.25) is 0 Å². The fourth-order valence-corrected chi connectivity index (χ4v) is 2.80. The third-order valence-corrected chi connectivity index (χ3v) is 4.02. The van der Waals surface area contributed by atoms with Gasteiger partial charge in [0.25, 0.3) is 11.6 Å². The summed E-state index contributed by atoms with van der Waals surface area (Å²) < 4.78 is 2.92. The lowest BCUT2D eigenvalue weighted by molar-refractivity contribution is -0.387. The first-order valence-corrected chi connectivity index (χ1v) is 7.58. The van der Waals surface area contributed by atoms with Gasteiger partial charge < -0.3 is 4.72 Å². The Morgan fingerprint density at radius 2 is 1.83 bits per heavy atom. The molecule has 23 heavy (non-hydrogen) atoms. The SMILES string of the molecule is O=C1CC(NSc2ccccc2[N+](=O)[O-])=NN1c1ccccc1. The van der Waals surface area contributed by atoms with E-state index in [4.69, 9.17) is 0 Å². The zero-order valence-corrected chi connectivity index (χ0v) is 12.7. The minimum atomic E-state index is -0.443. The molecule has 7 nitrogen and oxygen atoms in total. The van der Waals surface area contributed by atoms with Crippen molar-refractivity contribution in [2.45, 2.75) is 11.3 Å². The van der Waals surface area contributed by atoms with Crippen molar-refractivity contribution in [2.75, 3.05) is 5.01 Å². The van der Waals surface area contributed by atoms with Crippen LogP contribution >= 0.6 is 11.9 Å². The van der Waals surface area contributed by atoms with E-state index in [2.05, 4.69) is 9.82 Å². The Balaban J connectivity index is 1.72. The molecule has 0 aromatic heterocycles. The summed E-state index contributed by atoms with van der Waals surface area (Å²) in [5, 5.41) is 16.5. The molecule has 3 rings (SSSR count). The van der Waals surface area contributed by atoms with Crippen molar-refractivity contribution in [2.24, 2.45) is 5.10 Å². The van der Waals surface area contributed by atoms with Gasteiger partial charge in [0.05, 0.1) is 17.0 Å². The van der Waals surface area contributed by atoms with Gasteiger partial charge in [-0.05, 0) is 30.1 Å². The first kappa shape index (κ1) is 15.0. The molecule has 0 fully saturated rings.